The number of amides is 1. The first-order valence-corrected chi connectivity index (χ1v) is 9.86. The van der Waals surface area contributed by atoms with Crippen molar-refractivity contribution in [2.75, 3.05) is 18.4 Å². The fourth-order valence-corrected chi connectivity index (χ4v) is 3.62. The average molecular weight is 412 g/mol. The molecule has 1 aromatic heterocycles. The molecule has 30 heavy (non-hydrogen) atoms. The lowest BCUT2D eigenvalue weighted by molar-refractivity contribution is -0.121. The summed E-state index contributed by atoms with van der Waals surface area (Å²) in [6.45, 7) is 3.94. The summed E-state index contributed by atoms with van der Waals surface area (Å²) in [5, 5.41) is 6.75. The molecule has 156 valence electrons. The van der Waals surface area contributed by atoms with Crippen LogP contribution in [0.25, 0.3) is 11.4 Å². The van der Waals surface area contributed by atoms with Crippen LogP contribution in [-0.2, 0) is 11.3 Å². The molecular weight excluding hydrogens is 390 g/mol. The number of nitrogens with zero attached hydrogens (tertiary/aromatic N) is 3. The molecule has 2 heterocycles. The van der Waals surface area contributed by atoms with Crippen LogP contribution < -0.4 is 5.32 Å². The third-order valence-electron chi connectivity index (χ3n) is 5.36. The third kappa shape index (κ3) is 4.54. The molecule has 8 heteroatoms. The highest BCUT2D eigenvalue weighted by molar-refractivity contribution is 5.92. The fourth-order valence-electron chi connectivity index (χ4n) is 3.62. The number of anilines is 1. The van der Waals surface area contributed by atoms with E-state index in [1.807, 2.05) is 31.2 Å². The van der Waals surface area contributed by atoms with Gasteiger partial charge in [-0.05, 0) is 50.6 Å². The number of rotatable bonds is 5. The first kappa shape index (κ1) is 20.2. The van der Waals surface area contributed by atoms with Crippen LogP contribution in [0.2, 0.25) is 0 Å². The first-order valence-electron chi connectivity index (χ1n) is 9.86. The zero-order chi connectivity index (χ0) is 21.1. The molecule has 1 amide bonds. The Balaban J connectivity index is 1.30. The second-order valence-electron chi connectivity index (χ2n) is 7.50. The summed E-state index contributed by atoms with van der Waals surface area (Å²) >= 11 is 0. The van der Waals surface area contributed by atoms with E-state index in [1.54, 1.807) is 0 Å². The van der Waals surface area contributed by atoms with Gasteiger partial charge in [-0.25, -0.2) is 8.78 Å². The molecule has 0 saturated carbocycles. The van der Waals surface area contributed by atoms with E-state index in [2.05, 4.69) is 20.4 Å². The van der Waals surface area contributed by atoms with Gasteiger partial charge in [0, 0.05) is 23.2 Å². The molecule has 1 N–H and O–H groups in total. The molecule has 0 radical (unpaired) electrons. The van der Waals surface area contributed by atoms with Gasteiger partial charge in [0.1, 0.15) is 0 Å². The maximum absolute atomic E-state index is 13.3. The maximum atomic E-state index is 13.3. The van der Waals surface area contributed by atoms with Gasteiger partial charge in [0.25, 0.3) is 0 Å². The number of carbonyl (C=O) groups is 1. The van der Waals surface area contributed by atoms with Gasteiger partial charge < -0.3 is 9.84 Å². The Labute approximate surface area is 172 Å². The molecule has 1 aliphatic rings. The lowest BCUT2D eigenvalue weighted by atomic mass is 9.96. The number of benzene rings is 2. The van der Waals surface area contributed by atoms with Crippen LogP contribution in [-0.4, -0.2) is 34.0 Å². The van der Waals surface area contributed by atoms with Gasteiger partial charge in [-0.15, -0.1) is 0 Å². The third-order valence-corrected chi connectivity index (χ3v) is 5.36. The van der Waals surface area contributed by atoms with Crippen LogP contribution in [0.5, 0.6) is 0 Å². The summed E-state index contributed by atoms with van der Waals surface area (Å²) in [5.41, 5.74) is 2.29. The van der Waals surface area contributed by atoms with Crippen molar-refractivity contribution in [1.29, 1.82) is 0 Å². The zero-order valence-electron chi connectivity index (χ0n) is 16.6. The molecule has 3 aromatic rings. The number of aromatic nitrogens is 2. The number of nitrogens with one attached hydrogen (secondary N) is 1. The van der Waals surface area contributed by atoms with Gasteiger partial charge in [-0.3, -0.25) is 9.69 Å². The van der Waals surface area contributed by atoms with Crippen molar-refractivity contribution in [1.82, 2.24) is 15.0 Å². The Kier molecular flexibility index (Phi) is 5.85. The summed E-state index contributed by atoms with van der Waals surface area (Å²) in [7, 11) is 0. The maximum Gasteiger partial charge on any atom is 0.241 e. The molecule has 4 rings (SSSR count). The van der Waals surface area contributed by atoms with Crippen molar-refractivity contribution in [2.24, 2.45) is 5.92 Å². The van der Waals surface area contributed by atoms with E-state index in [1.165, 1.54) is 6.07 Å². The van der Waals surface area contributed by atoms with Crippen molar-refractivity contribution in [3.8, 4) is 11.4 Å². The Morgan fingerprint density at radius 2 is 1.93 bits per heavy atom. The highest BCUT2D eigenvalue weighted by Gasteiger charge is 2.26. The summed E-state index contributed by atoms with van der Waals surface area (Å²) in [4.78, 5) is 19.1. The van der Waals surface area contributed by atoms with Gasteiger partial charge in [-0.1, -0.05) is 29.4 Å². The van der Waals surface area contributed by atoms with Crippen molar-refractivity contribution in [3.05, 3.63) is 65.6 Å². The van der Waals surface area contributed by atoms with Gasteiger partial charge in [0.15, 0.2) is 11.6 Å². The van der Waals surface area contributed by atoms with Crippen molar-refractivity contribution >= 4 is 11.6 Å². The molecule has 6 nitrogen and oxygen atoms in total. The van der Waals surface area contributed by atoms with Crippen LogP contribution >= 0.6 is 0 Å². The fraction of sp³-hybridized carbons (Fsp3) is 0.318. The molecule has 0 aliphatic carbocycles. The van der Waals surface area contributed by atoms with Gasteiger partial charge in [-0.2, -0.15) is 4.98 Å². The summed E-state index contributed by atoms with van der Waals surface area (Å²) in [6, 6.07) is 11.2. The van der Waals surface area contributed by atoms with E-state index in [-0.39, 0.29) is 17.5 Å². The summed E-state index contributed by atoms with van der Waals surface area (Å²) in [5.74, 6) is -1.16. The van der Waals surface area contributed by atoms with Crippen LogP contribution in [0, 0.1) is 24.5 Å². The average Bonchev–Trinajstić information content (AvgIpc) is 3.20. The van der Waals surface area contributed by atoms with Crippen LogP contribution in [0.3, 0.4) is 0 Å². The summed E-state index contributed by atoms with van der Waals surface area (Å²) in [6.07, 6.45) is 1.32. The summed E-state index contributed by atoms with van der Waals surface area (Å²) < 4.78 is 31.7. The molecule has 0 atom stereocenters. The van der Waals surface area contributed by atoms with E-state index in [9.17, 15) is 13.6 Å². The molecule has 1 saturated heterocycles. The second kappa shape index (κ2) is 8.71. The molecule has 0 spiro atoms. The predicted octanol–water partition coefficient (Wildman–Crippen LogP) is 4.17. The zero-order valence-corrected chi connectivity index (χ0v) is 16.6. The van der Waals surface area contributed by atoms with Crippen LogP contribution in [0.1, 0.15) is 24.3 Å². The lowest BCUT2D eigenvalue weighted by Gasteiger charge is -2.30. The quantitative estimate of drug-likeness (QED) is 0.681. The molecule has 0 unspecified atom stereocenters. The number of aryl methyl sites for hydroxylation is 1. The lowest BCUT2D eigenvalue weighted by Crippen LogP contribution is -2.37. The Bertz CT molecular complexity index is 1050. The van der Waals surface area contributed by atoms with E-state index in [0.717, 1.165) is 23.3 Å². The van der Waals surface area contributed by atoms with E-state index in [4.69, 9.17) is 4.52 Å². The number of hydrogen-bond donors (Lipinski definition) is 1. The SMILES string of the molecule is Cc1ccccc1-c1noc(CN2CCC(C(=O)Nc3ccc(F)c(F)c3)CC2)n1. The monoisotopic (exact) mass is 412 g/mol. The van der Waals surface area contributed by atoms with Crippen molar-refractivity contribution in [2.45, 2.75) is 26.3 Å². The number of piperidine rings is 1. The van der Waals surface area contributed by atoms with E-state index in [0.29, 0.717) is 44.2 Å². The highest BCUT2D eigenvalue weighted by Crippen LogP contribution is 2.23. The largest absolute Gasteiger partial charge is 0.338 e. The minimum Gasteiger partial charge on any atom is -0.338 e. The smallest absolute Gasteiger partial charge is 0.241 e. The van der Waals surface area contributed by atoms with Crippen LogP contribution in [0.4, 0.5) is 14.5 Å². The van der Waals surface area contributed by atoms with Crippen LogP contribution in [0.15, 0.2) is 47.0 Å². The Morgan fingerprint density at radius 1 is 1.17 bits per heavy atom. The standard InChI is InChI=1S/C22H22F2N4O2/c1-14-4-2-3-5-17(14)21-26-20(30-27-21)13-28-10-8-15(9-11-28)22(29)25-16-6-7-18(23)19(24)12-16/h2-7,12,15H,8-11,13H2,1H3,(H,25,29). The second-order valence-corrected chi connectivity index (χ2v) is 7.50. The van der Waals surface area contributed by atoms with E-state index < -0.39 is 11.6 Å². The first-order chi connectivity index (χ1) is 14.5. The number of halogens is 2. The predicted molar refractivity (Wildman–Crippen MR) is 107 cm³/mol. The Hall–Kier alpha value is -3.13. The highest BCUT2D eigenvalue weighted by atomic mass is 19.2. The van der Waals surface area contributed by atoms with Crippen molar-refractivity contribution in [3.63, 3.8) is 0 Å². The topological polar surface area (TPSA) is 71.3 Å². The minimum atomic E-state index is -0.979. The molecule has 2 aromatic carbocycles. The van der Waals surface area contributed by atoms with Crippen molar-refractivity contribution < 1.29 is 18.1 Å². The number of hydrogen-bond acceptors (Lipinski definition) is 5. The molecule has 1 aliphatic heterocycles. The van der Waals surface area contributed by atoms with Gasteiger partial charge in [0.2, 0.25) is 17.6 Å². The minimum absolute atomic E-state index is 0.180. The molecular formula is C22H22F2N4O2. The van der Waals surface area contributed by atoms with Gasteiger partial charge >= 0.3 is 0 Å². The molecule has 0 bridgehead atoms. The van der Waals surface area contributed by atoms with Gasteiger partial charge in [0.05, 0.1) is 6.54 Å². The normalized spacial score (nSPS) is 15.3. The number of carbonyl (C=O) groups excluding carboxylic acids is 1. The Morgan fingerprint density at radius 3 is 2.67 bits per heavy atom. The molecule has 1 fully saturated rings. The number of likely N-dealkylation sites (tertiary alicyclic amines) is 1. The van der Waals surface area contributed by atoms with E-state index >= 15 is 0 Å².